The first kappa shape index (κ1) is 36.8. The monoisotopic (exact) mass is 663 g/mol. The second-order valence-corrected chi connectivity index (χ2v) is 12.8. The highest BCUT2D eigenvalue weighted by atomic mass is 16.9. The number of aliphatic hydroxyl groups excluding tert-OH is 4. The number of aliphatic hydroxyl groups is 4. The van der Waals surface area contributed by atoms with Crippen molar-refractivity contribution in [1.29, 1.82) is 0 Å². The second-order valence-electron chi connectivity index (χ2n) is 12.8. The maximum Gasteiger partial charge on any atom is 0.322 e. The van der Waals surface area contributed by atoms with E-state index in [1.807, 2.05) is 13.0 Å². The highest BCUT2D eigenvalue weighted by Crippen LogP contribution is 2.40. The van der Waals surface area contributed by atoms with E-state index >= 15 is 0 Å². The van der Waals surface area contributed by atoms with E-state index in [0.717, 1.165) is 12.5 Å². The van der Waals surface area contributed by atoms with Crippen molar-refractivity contribution in [3.8, 4) is 0 Å². The number of carbonyl (C=O) groups is 4. The third-order valence-electron chi connectivity index (χ3n) is 8.99. The number of esters is 1. The van der Waals surface area contributed by atoms with Gasteiger partial charge in [-0.3, -0.25) is 23.9 Å². The number of hydrogen-bond acceptors (Lipinski definition) is 13. The number of hydrogen-bond donors (Lipinski definition) is 5. The van der Waals surface area contributed by atoms with Gasteiger partial charge in [-0.15, -0.1) is 0 Å². The first-order valence-electron chi connectivity index (χ1n) is 15.6. The lowest BCUT2D eigenvalue weighted by molar-refractivity contribution is -0.353. The molecule has 3 fully saturated rings. The molecule has 0 radical (unpaired) electrons. The molecular weight excluding hydrogens is 618 g/mol. The van der Waals surface area contributed by atoms with Gasteiger partial charge in [-0.05, 0) is 27.2 Å². The van der Waals surface area contributed by atoms with E-state index in [9.17, 15) is 39.6 Å². The summed E-state index contributed by atoms with van der Waals surface area (Å²) in [7, 11) is 0. The Kier molecular flexibility index (Phi) is 11.4. The summed E-state index contributed by atoms with van der Waals surface area (Å²) in [6.45, 7) is 8.41. The zero-order valence-electron chi connectivity index (χ0n) is 27.3. The number of allylic oxidation sites excluding steroid dienone is 4. The number of amides is 1. The van der Waals surface area contributed by atoms with E-state index in [2.05, 4.69) is 5.32 Å². The van der Waals surface area contributed by atoms with Crippen LogP contribution in [0.4, 0.5) is 0 Å². The van der Waals surface area contributed by atoms with Crippen molar-refractivity contribution in [3.05, 3.63) is 47.6 Å². The minimum absolute atomic E-state index is 0.0414. The van der Waals surface area contributed by atoms with Crippen LogP contribution in [0.3, 0.4) is 0 Å². The fourth-order valence-electron chi connectivity index (χ4n) is 6.02. The molecule has 0 aromatic carbocycles. The molecule has 1 aliphatic carbocycles. The van der Waals surface area contributed by atoms with Gasteiger partial charge in [0, 0.05) is 20.3 Å². The largest absolute Gasteiger partial charge is 0.461 e. The lowest BCUT2D eigenvalue weighted by atomic mass is 9.69. The van der Waals surface area contributed by atoms with Crippen molar-refractivity contribution in [2.24, 2.45) is 11.3 Å². The molecule has 260 valence electrons. The van der Waals surface area contributed by atoms with Crippen LogP contribution in [-0.4, -0.2) is 112 Å². The summed E-state index contributed by atoms with van der Waals surface area (Å²) in [6.07, 6.45) is 1.13. The molecule has 2 bridgehead atoms. The molecule has 12 atom stereocenters. The molecule has 4 heterocycles. The Bertz CT molecular complexity index is 1360. The molecule has 0 spiro atoms. The van der Waals surface area contributed by atoms with Crippen molar-refractivity contribution >= 4 is 23.4 Å². The number of carbonyl (C=O) groups excluding carboxylic acids is 4. The molecule has 4 aliphatic heterocycles. The first-order valence-corrected chi connectivity index (χ1v) is 15.6. The number of Topliss-reactive ketones (excluding diaryl/α,β-unsaturated/α-hetero) is 2. The zero-order valence-corrected chi connectivity index (χ0v) is 27.3. The highest BCUT2D eigenvalue weighted by molar-refractivity contribution is 6.35. The third kappa shape index (κ3) is 7.98. The van der Waals surface area contributed by atoms with Gasteiger partial charge >= 0.3 is 5.97 Å². The van der Waals surface area contributed by atoms with Crippen molar-refractivity contribution in [2.45, 2.75) is 115 Å². The summed E-state index contributed by atoms with van der Waals surface area (Å²) in [6, 6.07) is -1.26. The molecule has 5 aliphatic rings. The molecule has 14 heteroatoms. The maximum atomic E-state index is 13.8. The Labute approximate surface area is 273 Å². The Hall–Kier alpha value is -3.08. The van der Waals surface area contributed by atoms with E-state index in [1.54, 1.807) is 32.1 Å². The molecule has 3 saturated heterocycles. The molecule has 0 aromatic rings. The van der Waals surface area contributed by atoms with Crippen LogP contribution in [0.1, 0.15) is 54.4 Å². The predicted molar refractivity (Wildman–Crippen MR) is 163 cm³/mol. The van der Waals surface area contributed by atoms with Crippen LogP contribution in [0.5, 0.6) is 0 Å². The van der Waals surface area contributed by atoms with Gasteiger partial charge in [0.1, 0.15) is 35.9 Å². The van der Waals surface area contributed by atoms with E-state index in [4.69, 9.17) is 23.7 Å². The van der Waals surface area contributed by atoms with Gasteiger partial charge in [0.15, 0.2) is 12.1 Å². The minimum Gasteiger partial charge on any atom is -0.461 e. The topological polar surface area (TPSA) is 207 Å². The quantitative estimate of drug-likeness (QED) is 0.152. The molecule has 0 aromatic heterocycles. The minimum atomic E-state index is -1.88. The SMILES string of the molecule is CC(=O)C(=O)NC1/C=C(C)/C=C/[C@@H](OC2(C)O[C@@H]3O[C@H](CO)[C@@H](O)[C@H](O)[C@H]3O2)C/C=C(C)/C=C/C(O)CC2OC(=O)C1(C)C(=O)C2C. The second kappa shape index (κ2) is 14.6. The van der Waals surface area contributed by atoms with Gasteiger partial charge in [-0.1, -0.05) is 54.5 Å². The van der Waals surface area contributed by atoms with Gasteiger partial charge < -0.3 is 44.7 Å². The summed E-state index contributed by atoms with van der Waals surface area (Å²) in [5.74, 6) is -5.79. The van der Waals surface area contributed by atoms with Gasteiger partial charge in [-0.25, -0.2) is 0 Å². The summed E-state index contributed by atoms with van der Waals surface area (Å²) < 4.78 is 29.2. The molecule has 1 amide bonds. The molecule has 6 unspecified atom stereocenters. The molecule has 5 rings (SSSR count). The summed E-state index contributed by atoms with van der Waals surface area (Å²) in [4.78, 5) is 51.7. The van der Waals surface area contributed by atoms with Crippen LogP contribution in [0.25, 0.3) is 0 Å². The van der Waals surface area contributed by atoms with Crippen molar-refractivity contribution in [2.75, 3.05) is 6.61 Å². The molecular formula is C33H45NO13. The van der Waals surface area contributed by atoms with Gasteiger partial charge in [0.25, 0.3) is 11.9 Å². The number of rotatable bonds is 5. The fourth-order valence-corrected chi connectivity index (χ4v) is 6.02. The van der Waals surface area contributed by atoms with Crippen molar-refractivity contribution < 1.29 is 63.3 Å². The predicted octanol–water partition coefficient (Wildman–Crippen LogP) is 0.270. The number of nitrogens with one attached hydrogen (secondary N) is 1. The van der Waals surface area contributed by atoms with E-state index in [-0.39, 0.29) is 12.8 Å². The average Bonchev–Trinajstić information content (AvgIpc) is 3.35. The van der Waals surface area contributed by atoms with E-state index in [0.29, 0.717) is 5.57 Å². The van der Waals surface area contributed by atoms with Crippen molar-refractivity contribution in [3.63, 3.8) is 0 Å². The van der Waals surface area contributed by atoms with Crippen LogP contribution in [0.15, 0.2) is 47.6 Å². The summed E-state index contributed by atoms with van der Waals surface area (Å²) >= 11 is 0. The van der Waals surface area contributed by atoms with Crippen molar-refractivity contribution in [1.82, 2.24) is 5.32 Å². The molecule has 47 heavy (non-hydrogen) atoms. The molecule has 0 saturated carbocycles. The molecule has 5 N–H and O–H groups in total. The number of ether oxygens (including phenoxy) is 5. The normalized spacial score (nSPS) is 45.0. The van der Waals surface area contributed by atoms with Crippen LogP contribution in [-0.2, 0) is 42.9 Å². The lowest BCUT2D eigenvalue weighted by Crippen LogP contribution is -2.61. The van der Waals surface area contributed by atoms with E-state index < -0.39 is 102 Å². The fraction of sp³-hybridized carbons (Fsp3) is 0.636. The zero-order chi connectivity index (χ0) is 34.8. The summed E-state index contributed by atoms with van der Waals surface area (Å²) in [5, 5.41) is 43.6. The highest BCUT2D eigenvalue weighted by Gasteiger charge is 2.57. The van der Waals surface area contributed by atoms with Gasteiger partial charge in [-0.2, -0.15) is 0 Å². The number of ketones is 2. The smallest absolute Gasteiger partial charge is 0.322 e. The Morgan fingerprint density at radius 3 is 2.38 bits per heavy atom. The van der Waals surface area contributed by atoms with Crippen LogP contribution in [0.2, 0.25) is 0 Å². The summed E-state index contributed by atoms with van der Waals surface area (Å²) in [5.41, 5.74) is -0.637. The molecule has 14 nitrogen and oxygen atoms in total. The average molecular weight is 664 g/mol. The van der Waals surface area contributed by atoms with Crippen LogP contribution in [0, 0.1) is 11.3 Å². The van der Waals surface area contributed by atoms with Crippen LogP contribution >= 0.6 is 0 Å². The Balaban J connectivity index is 1.70. The maximum absolute atomic E-state index is 13.8. The first-order chi connectivity index (χ1) is 22.0. The third-order valence-corrected chi connectivity index (χ3v) is 8.99. The van der Waals surface area contributed by atoms with Gasteiger partial charge in [0.2, 0.25) is 5.78 Å². The standard InChI is InChI=1S/C33H45NO13/c1-16-7-10-20(37)14-22-18(3)28(40)32(5,31(42)44-22)24(34-29(41)19(4)36)13-17(2)9-12-21(11-8-16)45-33(6)46-27-26(39)25(38)23(15-35)43-30(27)47-33/h7-10,12-13,18,20-27,30,35,37-39H,11,14-15H2,1-6H3,(H,34,41)/b10-7+,12-9+,16-8+,17-13+/t18?,20?,21-,22?,23+,24?,25+,26-,27+,30-,32?,33?/m0/s1. The van der Waals surface area contributed by atoms with Gasteiger partial charge in [0.05, 0.1) is 30.8 Å². The van der Waals surface area contributed by atoms with Crippen LogP contribution < -0.4 is 5.32 Å². The number of fused-ring (bicyclic) bond motifs is 11. The Morgan fingerprint density at radius 2 is 1.72 bits per heavy atom. The Morgan fingerprint density at radius 1 is 1.04 bits per heavy atom. The van der Waals surface area contributed by atoms with E-state index in [1.165, 1.54) is 26.0 Å². The lowest BCUT2D eigenvalue weighted by Gasteiger charge is -2.42.